The molecular weight excluding hydrogens is 307 g/mol. The van der Waals surface area contributed by atoms with Gasteiger partial charge in [0.1, 0.15) is 17.6 Å². The van der Waals surface area contributed by atoms with E-state index in [4.69, 9.17) is 11.6 Å². The third-order valence-corrected chi connectivity index (χ3v) is 3.44. The van der Waals surface area contributed by atoms with Crippen LogP contribution in [0.25, 0.3) is 10.9 Å². The fourth-order valence-corrected chi connectivity index (χ4v) is 2.08. The van der Waals surface area contributed by atoms with Crippen molar-refractivity contribution in [2.75, 3.05) is 5.33 Å². The number of alkyl halides is 1. The zero-order chi connectivity index (χ0) is 12.4. The van der Waals surface area contributed by atoms with E-state index in [1.54, 1.807) is 18.2 Å². The number of aliphatic hydroxyl groups is 2. The number of halogens is 2. The standard InChI is InChI=1S/C11H10BrClN2O2/c12-4-9(16)10(17)6-1-2-8-7(3-6)11(13)15-5-14-8/h1-3,5,9-10,16-17H,4H2. The first kappa shape index (κ1) is 12.7. The van der Waals surface area contributed by atoms with Crippen LogP contribution in [0.15, 0.2) is 24.5 Å². The third-order valence-electron chi connectivity index (χ3n) is 2.47. The van der Waals surface area contributed by atoms with Crippen LogP contribution < -0.4 is 0 Å². The summed E-state index contributed by atoms with van der Waals surface area (Å²) >= 11 is 9.06. The molecule has 2 aromatic rings. The van der Waals surface area contributed by atoms with Crippen molar-refractivity contribution in [2.24, 2.45) is 0 Å². The van der Waals surface area contributed by atoms with E-state index in [2.05, 4.69) is 25.9 Å². The molecule has 0 amide bonds. The van der Waals surface area contributed by atoms with Gasteiger partial charge in [0, 0.05) is 10.7 Å². The minimum absolute atomic E-state index is 0.297. The maximum Gasteiger partial charge on any atom is 0.140 e. The second kappa shape index (κ2) is 5.27. The lowest BCUT2D eigenvalue weighted by Crippen LogP contribution is -2.19. The average Bonchev–Trinajstić information content (AvgIpc) is 2.37. The summed E-state index contributed by atoms with van der Waals surface area (Å²) in [5, 5.41) is 20.7. The Morgan fingerprint density at radius 2 is 2.06 bits per heavy atom. The second-order valence-corrected chi connectivity index (χ2v) is 4.61. The first-order valence-corrected chi connectivity index (χ1v) is 6.45. The Labute approximate surface area is 111 Å². The van der Waals surface area contributed by atoms with Crippen molar-refractivity contribution in [1.82, 2.24) is 9.97 Å². The molecule has 0 radical (unpaired) electrons. The van der Waals surface area contributed by atoms with Crippen LogP contribution in [0.5, 0.6) is 0 Å². The lowest BCUT2D eigenvalue weighted by Gasteiger charge is -2.16. The van der Waals surface area contributed by atoms with Crippen molar-refractivity contribution in [1.29, 1.82) is 0 Å². The zero-order valence-electron chi connectivity index (χ0n) is 8.72. The molecule has 2 rings (SSSR count). The topological polar surface area (TPSA) is 66.2 Å². The summed E-state index contributed by atoms with van der Waals surface area (Å²) in [5.74, 6) is 0. The molecule has 0 aliphatic rings. The zero-order valence-corrected chi connectivity index (χ0v) is 11.1. The van der Waals surface area contributed by atoms with Crippen LogP contribution in [0.4, 0.5) is 0 Å². The Bertz CT molecular complexity index is 538. The van der Waals surface area contributed by atoms with Gasteiger partial charge in [-0.15, -0.1) is 0 Å². The molecule has 0 fully saturated rings. The van der Waals surface area contributed by atoms with Gasteiger partial charge in [-0.2, -0.15) is 0 Å². The largest absolute Gasteiger partial charge is 0.389 e. The molecule has 17 heavy (non-hydrogen) atoms. The van der Waals surface area contributed by atoms with Crippen LogP contribution in [0.3, 0.4) is 0 Å². The van der Waals surface area contributed by atoms with Crippen LogP contribution in [-0.2, 0) is 0 Å². The molecule has 0 bridgehead atoms. The van der Waals surface area contributed by atoms with Crippen molar-refractivity contribution in [2.45, 2.75) is 12.2 Å². The lowest BCUT2D eigenvalue weighted by atomic mass is 10.0. The fraction of sp³-hybridized carbons (Fsp3) is 0.273. The summed E-state index contributed by atoms with van der Waals surface area (Å²) in [7, 11) is 0. The van der Waals surface area contributed by atoms with Crippen molar-refractivity contribution in [3.8, 4) is 0 Å². The molecule has 6 heteroatoms. The molecular formula is C11H10BrClN2O2. The number of nitrogens with zero attached hydrogens (tertiary/aromatic N) is 2. The normalized spacial score (nSPS) is 14.8. The Morgan fingerprint density at radius 1 is 1.29 bits per heavy atom. The fourth-order valence-electron chi connectivity index (χ4n) is 1.53. The Hall–Kier alpha value is -0.750. The van der Waals surface area contributed by atoms with Gasteiger partial charge in [-0.1, -0.05) is 33.6 Å². The third kappa shape index (κ3) is 2.57. The molecule has 90 valence electrons. The molecule has 1 heterocycles. The second-order valence-electron chi connectivity index (χ2n) is 3.61. The van der Waals surface area contributed by atoms with Gasteiger partial charge in [-0.05, 0) is 17.7 Å². The Balaban J connectivity index is 2.47. The Morgan fingerprint density at radius 3 is 2.76 bits per heavy atom. The summed E-state index contributed by atoms with van der Waals surface area (Å²) in [6.07, 6.45) is -0.445. The SMILES string of the molecule is OC(CBr)C(O)c1ccc2ncnc(Cl)c2c1. The maximum atomic E-state index is 9.88. The van der Waals surface area contributed by atoms with E-state index in [9.17, 15) is 10.2 Å². The molecule has 0 spiro atoms. The van der Waals surface area contributed by atoms with Gasteiger partial charge in [-0.25, -0.2) is 9.97 Å². The van der Waals surface area contributed by atoms with Gasteiger partial charge >= 0.3 is 0 Å². The van der Waals surface area contributed by atoms with E-state index in [1.807, 2.05) is 0 Å². The summed E-state index contributed by atoms with van der Waals surface area (Å²) < 4.78 is 0. The summed E-state index contributed by atoms with van der Waals surface area (Å²) in [6, 6.07) is 5.14. The van der Waals surface area contributed by atoms with E-state index in [0.717, 1.165) is 0 Å². The molecule has 0 saturated heterocycles. The number of fused-ring (bicyclic) bond motifs is 1. The van der Waals surface area contributed by atoms with Crippen LogP contribution in [0, 0.1) is 0 Å². The van der Waals surface area contributed by atoms with Crippen molar-refractivity contribution in [3.05, 3.63) is 35.2 Å². The highest BCUT2D eigenvalue weighted by Gasteiger charge is 2.17. The summed E-state index contributed by atoms with van der Waals surface area (Å²) in [6.45, 7) is 0. The van der Waals surface area contributed by atoms with Crippen LogP contribution in [0.2, 0.25) is 5.15 Å². The number of hydrogen-bond acceptors (Lipinski definition) is 4. The Kier molecular flexibility index (Phi) is 3.93. The van der Waals surface area contributed by atoms with Gasteiger partial charge in [0.15, 0.2) is 0 Å². The highest BCUT2D eigenvalue weighted by atomic mass is 79.9. The van der Waals surface area contributed by atoms with Crippen LogP contribution in [0.1, 0.15) is 11.7 Å². The molecule has 0 saturated carbocycles. The minimum atomic E-state index is -0.963. The van der Waals surface area contributed by atoms with Crippen molar-refractivity contribution < 1.29 is 10.2 Å². The van der Waals surface area contributed by atoms with E-state index < -0.39 is 12.2 Å². The smallest absolute Gasteiger partial charge is 0.140 e. The van der Waals surface area contributed by atoms with Crippen LogP contribution >= 0.6 is 27.5 Å². The van der Waals surface area contributed by atoms with Gasteiger partial charge in [0.2, 0.25) is 0 Å². The van der Waals surface area contributed by atoms with Crippen LogP contribution in [-0.4, -0.2) is 31.6 Å². The van der Waals surface area contributed by atoms with E-state index in [-0.39, 0.29) is 0 Å². The molecule has 0 aliphatic heterocycles. The summed E-state index contributed by atoms with van der Waals surface area (Å²) in [4.78, 5) is 7.93. The predicted molar refractivity (Wildman–Crippen MR) is 69.3 cm³/mol. The molecule has 1 aromatic carbocycles. The molecule has 2 unspecified atom stereocenters. The highest BCUT2D eigenvalue weighted by Crippen LogP contribution is 2.25. The first-order chi connectivity index (χ1) is 8.13. The number of benzene rings is 1. The van der Waals surface area contributed by atoms with Gasteiger partial charge in [-0.3, -0.25) is 0 Å². The van der Waals surface area contributed by atoms with E-state index in [1.165, 1.54) is 6.33 Å². The lowest BCUT2D eigenvalue weighted by molar-refractivity contribution is 0.0343. The van der Waals surface area contributed by atoms with Crippen molar-refractivity contribution in [3.63, 3.8) is 0 Å². The number of rotatable bonds is 3. The molecule has 0 aliphatic carbocycles. The number of aromatic nitrogens is 2. The van der Waals surface area contributed by atoms with Gasteiger partial charge in [0.05, 0.1) is 11.6 Å². The highest BCUT2D eigenvalue weighted by molar-refractivity contribution is 9.09. The monoisotopic (exact) mass is 316 g/mol. The van der Waals surface area contributed by atoms with Crippen molar-refractivity contribution >= 4 is 38.4 Å². The first-order valence-electron chi connectivity index (χ1n) is 4.95. The van der Waals surface area contributed by atoms with Gasteiger partial charge < -0.3 is 10.2 Å². The molecule has 4 nitrogen and oxygen atoms in total. The predicted octanol–water partition coefficient (Wildman–Crippen LogP) is 2.07. The number of aliphatic hydroxyl groups excluding tert-OH is 2. The molecule has 1 aromatic heterocycles. The number of hydrogen-bond donors (Lipinski definition) is 2. The minimum Gasteiger partial charge on any atom is -0.389 e. The molecule has 2 atom stereocenters. The maximum absolute atomic E-state index is 9.88. The summed E-state index contributed by atoms with van der Waals surface area (Å²) in [5.41, 5.74) is 1.29. The quantitative estimate of drug-likeness (QED) is 0.672. The molecule has 2 N–H and O–H groups in total. The average molecular weight is 318 g/mol. The van der Waals surface area contributed by atoms with E-state index in [0.29, 0.717) is 26.9 Å². The van der Waals surface area contributed by atoms with Gasteiger partial charge in [0.25, 0.3) is 0 Å². The van der Waals surface area contributed by atoms with E-state index >= 15 is 0 Å².